The molecule has 0 aromatic heterocycles. The van der Waals surface area contributed by atoms with E-state index in [4.69, 9.17) is 0 Å². The highest BCUT2D eigenvalue weighted by atomic mass is 15.1. The first-order valence-corrected chi connectivity index (χ1v) is 4.01. The summed E-state index contributed by atoms with van der Waals surface area (Å²) in [7, 11) is 2.16. The molecule has 0 bridgehead atoms. The van der Waals surface area contributed by atoms with Crippen LogP contribution in [0.4, 0.5) is 0 Å². The second kappa shape index (κ2) is 5.48. The van der Waals surface area contributed by atoms with Crippen LogP contribution in [0.1, 0.15) is 27.2 Å². The third kappa shape index (κ3) is 4.57. The maximum absolute atomic E-state index is 2.33. The van der Waals surface area contributed by atoms with E-state index in [9.17, 15) is 0 Å². The van der Waals surface area contributed by atoms with Crippen LogP contribution in [-0.2, 0) is 0 Å². The predicted molar refractivity (Wildman–Crippen MR) is 47.2 cm³/mol. The van der Waals surface area contributed by atoms with E-state index in [2.05, 4.69) is 38.8 Å². The van der Waals surface area contributed by atoms with Gasteiger partial charge in [0.25, 0.3) is 0 Å². The van der Waals surface area contributed by atoms with Gasteiger partial charge in [0.1, 0.15) is 0 Å². The molecule has 0 N–H and O–H groups in total. The van der Waals surface area contributed by atoms with E-state index < -0.39 is 0 Å². The fourth-order valence-electron chi connectivity index (χ4n) is 0.670. The van der Waals surface area contributed by atoms with Crippen molar-refractivity contribution in [2.45, 2.75) is 27.2 Å². The normalized spacial score (nSPS) is 12.7. The van der Waals surface area contributed by atoms with Crippen LogP contribution in [-0.4, -0.2) is 25.0 Å². The Kier molecular flexibility index (Phi) is 5.32. The smallest absolute Gasteiger partial charge is 0.00153 e. The standard InChI is InChI=1S/C9H19N/c1-5-9(3)7-8-10(4)6-2/h5H,6-8H2,1-4H3/b9-5-. The van der Waals surface area contributed by atoms with Gasteiger partial charge in [-0.1, -0.05) is 18.6 Å². The lowest BCUT2D eigenvalue weighted by molar-refractivity contribution is 0.357. The molecule has 0 aromatic rings. The van der Waals surface area contributed by atoms with Gasteiger partial charge in [0.15, 0.2) is 0 Å². The largest absolute Gasteiger partial charge is 0.306 e. The van der Waals surface area contributed by atoms with E-state index in [1.54, 1.807) is 0 Å². The van der Waals surface area contributed by atoms with Crippen LogP contribution in [0.25, 0.3) is 0 Å². The van der Waals surface area contributed by atoms with Gasteiger partial charge in [0.05, 0.1) is 0 Å². The monoisotopic (exact) mass is 141 g/mol. The third-order valence-electron chi connectivity index (χ3n) is 1.92. The average Bonchev–Trinajstić information content (AvgIpc) is 1.99. The van der Waals surface area contributed by atoms with Crippen molar-refractivity contribution in [3.63, 3.8) is 0 Å². The summed E-state index contributed by atoms with van der Waals surface area (Å²) in [5, 5.41) is 0. The summed E-state index contributed by atoms with van der Waals surface area (Å²) in [6.45, 7) is 8.80. The number of nitrogens with zero attached hydrogens (tertiary/aromatic N) is 1. The highest BCUT2D eigenvalue weighted by Gasteiger charge is 1.93. The van der Waals surface area contributed by atoms with E-state index >= 15 is 0 Å². The Morgan fingerprint density at radius 3 is 2.50 bits per heavy atom. The molecule has 0 aromatic carbocycles. The van der Waals surface area contributed by atoms with Crippen molar-refractivity contribution < 1.29 is 0 Å². The van der Waals surface area contributed by atoms with E-state index in [0.717, 1.165) is 6.54 Å². The van der Waals surface area contributed by atoms with E-state index in [0.29, 0.717) is 0 Å². The van der Waals surface area contributed by atoms with Gasteiger partial charge in [-0.2, -0.15) is 0 Å². The molecule has 0 aliphatic rings. The van der Waals surface area contributed by atoms with Crippen molar-refractivity contribution in [3.05, 3.63) is 11.6 Å². The molecule has 0 aliphatic heterocycles. The van der Waals surface area contributed by atoms with Gasteiger partial charge < -0.3 is 4.90 Å². The maximum Gasteiger partial charge on any atom is 0.00153 e. The Bertz CT molecular complexity index is 105. The van der Waals surface area contributed by atoms with Crippen LogP contribution in [0.2, 0.25) is 0 Å². The van der Waals surface area contributed by atoms with E-state index in [-0.39, 0.29) is 0 Å². The average molecular weight is 141 g/mol. The van der Waals surface area contributed by atoms with Gasteiger partial charge in [-0.15, -0.1) is 0 Å². The summed E-state index contributed by atoms with van der Waals surface area (Å²) in [5.41, 5.74) is 1.49. The fourth-order valence-corrected chi connectivity index (χ4v) is 0.670. The van der Waals surface area contributed by atoms with E-state index in [1.165, 1.54) is 18.5 Å². The minimum absolute atomic E-state index is 1.15. The molecule has 0 spiro atoms. The molecule has 0 fully saturated rings. The molecular formula is C9H19N. The number of hydrogen-bond donors (Lipinski definition) is 0. The van der Waals surface area contributed by atoms with Crippen LogP contribution >= 0.6 is 0 Å². The zero-order valence-corrected chi connectivity index (χ0v) is 7.65. The van der Waals surface area contributed by atoms with Crippen molar-refractivity contribution in [3.8, 4) is 0 Å². The Labute approximate surface area is 64.7 Å². The van der Waals surface area contributed by atoms with Crippen LogP contribution < -0.4 is 0 Å². The molecule has 0 amide bonds. The van der Waals surface area contributed by atoms with Crippen LogP contribution in [0.5, 0.6) is 0 Å². The van der Waals surface area contributed by atoms with Crippen LogP contribution in [0.15, 0.2) is 11.6 Å². The Morgan fingerprint density at radius 2 is 2.10 bits per heavy atom. The van der Waals surface area contributed by atoms with Crippen LogP contribution in [0, 0.1) is 0 Å². The molecule has 0 aliphatic carbocycles. The third-order valence-corrected chi connectivity index (χ3v) is 1.92. The first-order chi connectivity index (χ1) is 4.70. The number of hydrogen-bond acceptors (Lipinski definition) is 1. The Morgan fingerprint density at radius 1 is 1.50 bits per heavy atom. The summed E-state index contributed by atoms with van der Waals surface area (Å²) >= 11 is 0. The lowest BCUT2D eigenvalue weighted by Gasteiger charge is -2.12. The zero-order valence-electron chi connectivity index (χ0n) is 7.65. The van der Waals surface area contributed by atoms with Gasteiger partial charge in [-0.05, 0) is 33.9 Å². The van der Waals surface area contributed by atoms with Gasteiger partial charge in [0, 0.05) is 6.54 Å². The van der Waals surface area contributed by atoms with Crippen molar-refractivity contribution in [1.82, 2.24) is 4.90 Å². The highest BCUT2D eigenvalue weighted by molar-refractivity contribution is 4.95. The predicted octanol–water partition coefficient (Wildman–Crippen LogP) is 2.29. The molecule has 0 heterocycles. The van der Waals surface area contributed by atoms with Crippen molar-refractivity contribution in [1.29, 1.82) is 0 Å². The molecule has 10 heavy (non-hydrogen) atoms. The van der Waals surface area contributed by atoms with E-state index in [1.807, 2.05) is 0 Å². The fraction of sp³-hybridized carbons (Fsp3) is 0.778. The Balaban J connectivity index is 3.35. The zero-order chi connectivity index (χ0) is 7.98. The summed E-state index contributed by atoms with van der Waals surface area (Å²) in [5.74, 6) is 0. The first kappa shape index (κ1) is 9.70. The summed E-state index contributed by atoms with van der Waals surface area (Å²) in [6.07, 6.45) is 3.39. The second-order valence-corrected chi connectivity index (χ2v) is 2.78. The summed E-state index contributed by atoms with van der Waals surface area (Å²) in [6, 6.07) is 0. The molecule has 0 radical (unpaired) electrons. The second-order valence-electron chi connectivity index (χ2n) is 2.78. The Hall–Kier alpha value is -0.300. The molecule has 0 saturated heterocycles. The number of rotatable bonds is 4. The molecule has 1 heteroatoms. The molecule has 0 rings (SSSR count). The highest BCUT2D eigenvalue weighted by Crippen LogP contribution is 1.99. The van der Waals surface area contributed by atoms with Crippen LogP contribution in [0.3, 0.4) is 0 Å². The summed E-state index contributed by atoms with van der Waals surface area (Å²) in [4.78, 5) is 2.33. The maximum atomic E-state index is 2.33. The quantitative estimate of drug-likeness (QED) is 0.543. The first-order valence-electron chi connectivity index (χ1n) is 4.01. The van der Waals surface area contributed by atoms with Gasteiger partial charge in [0.2, 0.25) is 0 Å². The topological polar surface area (TPSA) is 3.24 Å². The SMILES string of the molecule is C/C=C(/C)CCN(C)CC. The van der Waals surface area contributed by atoms with Crippen molar-refractivity contribution in [2.75, 3.05) is 20.1 Å². The van der Waals surface area contributed by atoms with Crippen molar-refractivity contribution >= 4 is 0 Å². The molecule has 1 nitrogen and oxygen atoms in total. The minimum atomic E-state index is 1.15. The molecule has 0 unspecified atom stereocenters. The molecular weight excluding hydrogens is 122 g/mol. The lowest BCUT2D eigenvalue weighted by Crippen LogP contribution is -2.18. The van der Waals surface area contributed by atoms with Crippen molar-refractivity contribution in [2.24, 2.45) is 0 Å². The van der Waals surface area contributed by atoms with Gasteiger partial charge in [-0.25, -0.2) is 0 Å². The molecule has 0 saturated carbocycles. The van der Waals surface area contributed by atoms with Gasteiger partial charge >= 0.3 is 0 Å². The molecule has 0 atom stereocenters. The number of allylic oxidation sites excluding steroid dienone is 1. The van der Waals surface area contributed by atoms with Gasteiger partial charge in [-0.3, -0.25) is 0 Å². The lowest BCUT2D eigenvalue weighted by atomic mass is 10.2. The summed E-state index contributed by atoms with van der Waals surface area (Å²) < 4.78 is 0. The minimum Gasteiger partial charge on any atom is -0.306 e. The molecule has 60 valence electrons.